The number of hydrogen-bond donors (Lipinski definition) is 2. The Labute approximate surface area is 237 Å². The van der Waals surface area contributed by atoms with Crippen molar-refractivity contribution in [2.75, 3.05) is 29.5 Å². The number of halogens is 1. The van der Waals surface area contributed by atoms with Crippen LogP contribution in [0, 0.1) is 5.92 Å². The van der Waals surface area contributed by atoms with Crippen molar-refractivity contribution in [3.63, 3.8) is 0 Å². The number of nitrogens with zero attached hydrogens (tertiary/aromatic N) is 3. The lowest BCUT2D eigenvalue weighted by atomic mass is 9.83. The van der Waals surface area contributed by atoms with Crippen molar-refractivity contribution in [3.05, 3.63) is 70.2 Å². The lowest BCUT2D eigenvalue weighted by Crippen LogP contribution is -2.44. The third-order valence-corrected chi connectivity index (χ3v) is 8.65. The first-order valence-corrected chi connectivity index (χ1v) is 14.3. The van der Waals surface area contributed by atoms with E-state index in [2.05, 4.69) is 15.9 Å². The van der Waals surface area contributed by atoms with Crippen LogP contribution in [0.4, 0.5) is 11.4 Å². The Morgan fingerprint density at radius 1 is 1.18 bits per heavy atom. The minimum atomic E-state index is -1.80. The molecule has 3 aliphatic rings. The van der Waals surface area contributed by atoms with Crippen LogP contribution >= 0.6 is 15.9 Å². The maximum atomic E-state index is 13.9. The molecule has 0 bridgehead atoms. The Kier molecular flexibility index (Phi) is 7.94. The van der Waals surface area contributed by atoms with Crippen LogP contribution in [-0.4, -0.2) is 58.6 Å². The van der Waals surface area contributed by atoms with Crippen molar-refractivity contribution in [2.45, 2.75) is 57.2 Å². The van der Waals surface area contributed by atoms with Crippen molar-refractivity contribution in [1.29, 1.82) is 0 Å². The summed E-state index contributed by atoms with van der Waals surface area (Å²) in [6.07, 6.45) is 6.64. The average Bonchev–Trinajstić information content (AvgIpc) is 3.63. The molecule has 0 aromatic heterocycles. The number of anilines is 2. The number of aliphatic hydroxyl groups is 2. The Bertz CT molecular complexity index is 1310. The van der Waals surface area contributed by atoms with Gasteiger partial charge in [0.25, 0.3) is 5.91 Å². The van der Waals surface area contributed by atoms with Crippen LogP contribution in [0.15, 0.2) is 59.1 Å². The molecule has 8 nitrogen and oxygen atoms in total. The van der Waals surface area contributed by atoms with E-state index >= 15 is 0 Å². The van der Waals surface area contributed by atoms with Crippen molar-refractivity contribution in [3.8, 4) is 0 Å². The van der Waals surface area contributed by atoms with Gasteiger partial charge in [0.2, 0.25) is 11.8 Å². The van der Waals surface area contributed by atoms with Gasteiger partial charge >= 0.3 is 0 Å². The lowest BCUT2D eigenvalue weighted by Gasteiger charge is -2.28. The highest BCUT2D eigenvalue weighted by Gasteiger charge is 2.52. The van der Waals surface area contributed by atoms with Crippen LogP contribution in [0.25, 0.3) is 0 Å². The van der Waals surface area contributed by atoms with Crippen LogP contribution in [0.3, 0.4) is 0 Å². The number of hydrogen-bond acceptors (Lipinski definition) is 5. The summed E-state index contributed by atoms with van der Waals surface area (Å²) in [5.41, 5.74) is 1.01. The second-order valence-electron chi connectivity index (χ2n) is 10.6. The van der Waals surface area contributed by atoms with Gasteiger partial charge in [0.1, 0.15) is 0 Å². The Morgan fingerprint density at radius 3 is 2.74 bits per heavy atom. The fourth-order valence-corrected chi connectivity index (χ4v) is 6.35. The Balaban J connectivity index is 1.37. The zero-order chi connectivity index (χ0) is 27.7. The minimum Gasteiger partial charge on any atom is -0.394 e. The van der Waals surface area contributed by atoms with Gasteiger partial charge in [-0.05, 0) is 55.2 Å². The number of benzene rings is 2. The largest absolute Gasteiger partial charge is 0.394 e. The molecule has 0 saturated carbocycles. The maximum absolute atomic E-state index is 13.9. The first-order valence-electron chi connectivity index (χ1n) is 13.5. The number of likely N-dealkylation sites (tertiary alicyclic amines) is 1. The summed E-state index contributed by atoms with van der Waals surface area (Å²) in [5.74, 6) is -0.996. The molecular weight excluding hydrogens is 562 g/mol. The summed E-state index contributed by atoms with van der Waals surface area (Å²) < 4.78 is 0.749. The van der Waals surface area contributed by atoms with Crippen molar-refractivity contribution >= 4 is 45.0 Å². The highest BCUT2D eigenvalue weighted by molar-refractivity contribution is 9.10. The molecule has 0 aliphatic carbocycles. The van der Waals surface area contributed by atoms with E-state index in [1.165, 1.54) is 0 Å². The van der Waals surface area contributed by atoms with E-state index in [-0.39, 0.29) is 37.4 Å². The molecule has 0 spiro atoms. The van der Waals surface area contributed by atoms with Gasteiger partial charge in [0.05, 0.1) is 24.9 Å². The quantitative estimate of drug-likeness (QED) is 0.451. The number of aliphatic hydroxyl groups excluding tert-OH is 1. The number of carbonyl (C=O) groups is 3. The van der Waals surface area contributed by atoms with Crippen LogP contribution < -0.4 is 9.80 Å². The van der Waals surface area contributed by atoms with Gasteiger partial charge in [-0.15, -0.1) is 0 Å². The maximum Gasteiger partial charge on any atom is 0.264 e. The molecule has 2 aromatic carbocycles. The van der Waals surface area contributed by atoms with Crippen molar-refractivity contribution in [1.82, 2.24) is 4.90 Å². The van der Waals surface area contributed by atoms with Gasteiger partial charge in [0.15, 0.2) is 5.60 Å². The van der Waals surface area contributed by atoms with E-state index in [1.54, 1.807) is 39.8 Å². The van der Waals surface area contributed by atoms with Gasteiger partial charge < -0.3 is 24.9 Å². The summed E-state index contributed by atoms with van der Waals surface area (Å²) in [7, 11) is 0. The summed E-state index contributed by atoms with van der Waals surface area (Å²) in [6, 6.07) is 12.9. The summed E-state index contributed by atoms with van der Waals surface area (Å²) in [4.78, 5) is 43.9. The SMILES string of the molecule is C[C@H](/C=C/CC(=O)N1CCC[C@H]1CO)[C@@]1(O)C(=O)N(Cc2cccc(N3CCCC3=O)c2)c2ccc(Br)cc21. The number of amides is 3. The summed E-state index contributed by atoms with van der Waals surface area (Å²) in [6.45, 7) is 3.31. The molecule has 206 valence electrons. The Morgan fingerprint density at radius 2 is 2.00 bits per heavy atom. The molecular formula is C30H34BrN3O5. The second kappa shape index (κ2) is 11.2. The minimum absolute atomic E-state index is 0.0428. The highest BCUT2D eigenvalue weighted by Crippen LogP contribution is 2.47. The lowest BCUT2D eigenvalue weighted by molar-refractivity contribution is -0.139. The molecule has 9 heteroatoms. The first-order chi connectivity index (χ1) is 18.7. The normalized spacial score (nSPS) is 23.8. The second-order valence-corrected chi connectivity index (χ2v) is 11.5. The molecule has 3 atom stereocenters. The topological polar surface area (TPSA) is 101 Å². The van der Waals surface area contributed by atoms with E-state index in [0.29, 0.717) is 30.8 Å². The van der Waals surface area contributed by atoms with Gasteiger partial charge in [0, 0.05) is 47.6 Å². The third kappa shape index (κ3) is 5.15. The van der Waals surface area contributed by atoms with Gasteiger partial charge in [-0.2, -0.15) is 0 Å². The van der Waals surface area contributed by atoms with Gasteiger partial charge in [-0.1, -0.05) is 47.1 Å². The molecule has 39 heavy (non-hydrogen) atoms. The monoisotopic (exact) mass is 595 g/mol. The smallest absolute Gasteiger partial charge is 0.264 e. The van der Waals surface area contributed by atoms with Crippen LogP contribution in [0.5, 0.6) is 0 Å². The molecule has 2 aromatic rings. The fraction of sp³-hybridized carbons (Fsp3) is 0.433. The molecule has 3 amide bonds. The third-order valence-electron chi connectivity index (χ3n) is 8.15. The van der Waals surface area contributed by atoms with E-state index in [4.69, 9.17) is 0 Å². The van der Waals surface area contributed by atoms with Crippen LogP contribution in [0.1, 0.15) is 50.2 Å². The molecule has 5 rings (SSSR count). The fourth-order valence-electron chi connectivity index (χ4n) is 5.99. The summed E-state index contributed by atoms with van der Waals surface area (Å²) >= 11 is 3.48. The van der Waals surface area contributed by atoms with E-state index in [9.17, 15) is 24.6 Å². The molecule has 0 radical (unpaired) electrons. The molecule has 2 fully saturated rings. The zero-order valence-corrected chi connectivity index (χ0v) is 23.6. The number of rotatable bonds is 8. The van der Waals surface area contributed by atoms with E-state index in [0.717, 1.165) is 35.0 Å². The average molecular weight is 597 g/mol. The van der Waals surface area contributed by atoms with E-state index in [1.807, 2.05) is 36.4 Å². The standard InChI is InChI=1S/C30H34BrN3O5/c1-20(6-2-10-27(36)33-14-4-9-24(33)19-35)30(39)25-17-22(31)12-13-26(25)34(29(30)38)18-21-7-3-8-23(16-21)32-15-5-11-28(32)37/h2-3,6-8,12-13,16-17,20,24,35,39H,4-5,9-11,14-15,18-19H2,1H3/b6-2+/t20-,24+,30+/m1/s1. The van der Waals surface area contributed by atoms with E-state index < -0.39 is 17.4 Å². The van der Waals surface area contributed by atoms with Crippen molar-refractivity contribution < 1.29 is 24.6 Å². The zero-order valence-electron chi connectivity index (χ0n) is 22.1. The summed E-state index contributed by atoms with van der Waals surface area (Å²) in [5, 5.41) is 21.5. The number of carbonyl (C=O) groups excluding carboxylic acids is 3. The molecule has 3 aliphatic heterocycles. The molecule has 2 saturated heterocycles. The first kappa shape index (κ1) is 27.6. The van der Waals surface area contributed by atoms with Crippen molar-refractivity contribution in [2.24, 2.45) is 5.92 Å². The highest BCUT2D eigenvalue weighted by atomic mass is 79.9. The molecule has 0 unspecified atom stereocenters. The predicted octanol–water partition coefficient (Wildman–Crippen LogP) is 3.88. The van der Waals surface area contributed by atoms with Crippen LogP contribution in [0.2, 0.25) is 0 Å². The van der Waals surface area contributed by atoms with Crippen LogP contribution in [-0.2, 0) is 26.5 Å². The number of fused-ring (bicyclic) bond motifs is 1. The Hall–Kier alpha value is -3.01. The predicted molar refractivity (Wildman–Crippen MR) is 152 cm³/mol. The van der Waals surface area contributed by atoms with Gasteiger partial charge in [-0.3, -0.25) is 14.4 Å². The molecule has 2 N–H and O–H groups in total. The van der Waals surface area contributed by atoms with Gasteiger partial charge in [-0.25, -0.2) is 0 Å². The molecule has 3 heterocycles.